The fourth-order valence-corrected chi connectivity index (χ4v) is 2.04. The molecule has 1 N–H and O–H groups in total. The summed E-state index contributed by atoms with van der Waals surface area (Å²) in [5.74, 6) is 0.470. The summed E-state index contributed by atoms with van der Waals surface area (Å²) in [4.78, 5) is 0. The van der Waals surface area contributed by atoms with Crippen molar-refractivity contribution >= 4 is 5.69 Å². The highest BCUT2D eigenvalue weighted by Crippen LogP contribution is 2.23. The van der Waals surface area contributed by atoms with E-state index in [1.54, 1.807) is 19.1 Å². The van der Waals surface area contributed by atoms with Gasteiger partial charge in [0.2, 0.25) is 0 Å². The quantitative estimate of drug-likeness (QED) is 0.894. The molecule has 2 aromatic carbocycles. The van der Waals surface area contributed by atoms with Crippen LogP contribution in [0.4, 0.5) is 10.1 Å². The van der Waals surface area contributed by atoms with Gasteiger partial charge in [0.05, 0.1) is 0 Å². The maximum atomic E-state index is 13.2. The highest BCUT2D eigenvalue weighted by atomic mass is 19.1. The van der Waals surface area contributed by atoms with Crippen LogP contribution in [-0.4, -0.2) is 6.61 Å². The molecule has 0 aliphatic carbocycles. The largest absolute Gasteiger partial charge is 0.479 e. The van der Waals surface area contributed by atoms with Crippen LogP contribution in [0.5, 0.6) is 5.75 Å². The number of nitrogens with one attached hydrogen (secondary N) is 1. The first-order valence-electron chi connectivity index (χ1n) is 6.72. The molecule has 0 heterocycles. The number of halogens is 1. The molecular formula is C17H17FN2O. The monoisotopic (exact) mass is 284 g/mol. The molecule has 0 saturated carbocycles. The first-order chi connectivity index (χ1) is 10.1. The molecule has 0 bridgehead atoms. The van der Waals surface area contributed by atoms with Crippen molar-refractivity contribution in [2.75, 3.05) is 11.9 Å². The molecule has 0 spiro atoms. The Morgan fingerprint density at radius 1 is 1.24 bits per heavy atom. The molecule has 2 rings (SSSR count). The average Bonchev–Trinajstić information content (AvgIpc) is 2.49. The predicted molar refractivity (Wildman–Crippen MR) is 80.7 cm³/mol. The molecule has 4 heteroatoms. The number of nitriles is 1. The summed E-state index contributed by atoms with van der Waals surface area (Å²) in [5.41, 5.74) is 2.58. The Bertz CT molecular complexity index is 647. The maximum Gasteiger partial charge on any atom is 0.174 e. The number of hydrogen-bond acceptors (Lipinski definition) is 3. The molecule has 0 amide bonds. The van der Waals surface area contributed by atoms with Gasteiger partial charge in [0.25, 0.3) is 0 Å². The summed E-state index contributed by atoms with van der Waals surface area (Å²) in [6, 6.07) is 14.5. The Balaban J connectivity index is 2.04. The lowest BCUT2D eigenvalue weighted by molar-refractivity contribution is 0.368. The molecule has 108 valence electrons. The molecule has 0 fully saturated rings. The summed E-state index contributed by atoms with van der Waals surface area (Å²) in [6.45, 7) is 3.82. The molecule has 0 saturated heterocycles. The topological polar surface area (TPSA) is 45.0 Å². The Kier molecular flexibility index (Phi) is 4.78. The minimum Gasteiger partial charge on any atom is -0.479 e. The van der Waals surface area contributed by atoms with E-state index in [0.29, 0.717) is 11.3 Å². The van der Waals surface area contributed by atoms with E-state index in [9.17, 15) is 4.39 Å². The number of rotatable bonds is 5. The molecule has 2 aromatic rings. The number of ether oxygens (including phenoxy) is 1. The summed E-state index contributed by atoms with van der Waals surface area (Å²) in [7, 11) is 0. The van der Waals surface area contributed by atoms with Gasteiger partial charge < -0.3 is 10.1 Å². The zero-order chi connectivity index (χ0) is 15.2. The summed E-state index contributed by atoms with van der Waals surface area (Å²) in [6.07, 6.45) is 0. The van der Waals surface area contributed by atoms with Crippen molar-refractivity contribution < 1.29 is 9.13 Å². The number of aryl methyl sites for hydroxylation is 1. The summed E-state index contributed by atoms with van der Waals surface area (Å²) in [5, 5.41) is 11.8. The van der Waals surface area contributed by atoms with E-state index in [1.807, 2.05) is 37.3 Å². The molecule has 0 aromatic heterocycles. The normalized spacial score (nSPS) is 11.5. The van der Waals surface area contributed by atoms with E-state index < -0.39 is 0 Å². The van der Waals surface area contributed by atoms with Gasteiger partial charge in [-0.2, -0.15) is 5.26 Å². The average molecular weight is 284 g/mol. The molecular weight excluding hydrogens is 267 g/mol. The van der Waals surface area contributed by atoms with Crippen molar-refractivity contribution in [3.8, 4) is 11.8 Å². The molecule has 0 aliphatic heterocycles. The molecule has 0 aliphatic rings. The second-order valence-electron chi connectivity index (χ2n) is 4.85. The number of nitrogens with zero attached hydrogens (tertiary/aromatic N) is 1. The SMILES string of the molecule is Cc1cc(NC(C)c2ccc(OCC#N)cc2)ccc1F. The molecule has 3 nitrogen and oxygen atoms in total. The van der Waals surface area contributed by atoms with Crippen LogP contribution in [0.3, 0.4) is 0 Å². The van der Waals surface area contributed by atoms with Crippen molar-refractivity contribution in [2.45, 2.75) is 19.9 Å². The molecule has 1 unspecified atom stereocenters. The van der Waals surface area contributed by atoms with Crippen LogP contribution in [0.2, 0.25) is 0 Å². The lowest BCUT2D eigenvalue weighted by Gasteiger charge is -2.16. The van der Waals surface area contributed by atoms with Gasteiger partial charge in [-0.05, 0) is 55.3 Å². The van der Waals surface area contributed by atoms with E-state index in [-0.39, 0.29) is 18.5 Å². The van der Waals surface area contributed by atoms with Crippen molar-refractivity contribution in [3.05, 3.63) is 59.4 Å². The Hall–Kier alpha value is -2.54. The maximum absolute atomic E-state index is 13.2. The van der Waals surface area contributed by atoms with E-state index in [0.717, 1.165) is 11.3 Å². The van der Waals surface area contributed by atoms with Gasteiger partial charge in [-0.1, -0.05) is 12.1 Å². The van der Waals surface area contributed by atoms with Gasteiger partial charge in [0.1, 0.15) is 17.6 Å². The standard InChI is InChI=1S/C17H17FN2O/c1-12-11-15(5-8-17(12)18)20-13(2)14-3-6-16(7-4-14)21-10-9-19/h3-8,11,13,20H,10H2,1-2H3. The lowest BCUT2D eigenvalue weighted by Crippen LogP contribution is -2.07. The fraction of sp³-hybridized carbons (Fsp3) is 0.235. The summed E-state index contributed by atoms with van der Waals surface area (Å²) < 4.78 is 18.5. The van der Waals surface area contributed by atoms with E-state index in [4.69, 9.17) is 10.00 Å². The van der Waals surface area contributed by atoms with Crippen LogP contribution in [0.15, 0.2) is 42.5 Å². The van der Waals surface area contributed by atoms with Crippen molar-refractivity contribution in [2.24, 2.45) is 0 Å². The van der Waals surface area contributed by atoms with E-state index in [2.05, 4.69) is 5.32 Å². The minimum absolute atomic E-state index is 0.0437. The van der Waals surface area contributed by atoms with Gasteiger partial charge >= 0.3 is 0 Å². The lowest BCUT2D eigenvalue weighted by atomic mass is 10.1. The van der Waals surface area contributed by atoms with E-state index >= 15 is 0 Å². The first-order valence-corrected chi connectivity index (χ1v) is 6.72. The number of hydrogen-bond donors (Lipinski definition) is 1. The smallest absolute Gasteiger partial charge is 0.174 e. The molecule has 21 heavy (non-hydrogen) atoms. The second-order valence-corrected chi connectivity index (χ2v) is 4.85. The van der Waals surface area contributed by atoms with Crippen LogP contribution >= 0.6 is 0 Å². The van der Waals surface area contributed by atoms with Crippen molar-refractivity contribution in [1.29, 1.82) is 5.26 Å². The second kappa shape index (κ2) is 6.76. The number of benzene rings is 2. The third kappa shape index (κ3) is 3.96. The van der Waals surface area contributed by atoms with Crippen LogP contribution in [0.1, 0.15) is 24.1 Å². The zero-order valence-electron chi connectivity index (χ0n) is 12.1. The minimum atomic E-state index is -0.202. The van der Waals surface area contributed by atoms with Gasteiger partial charge in [-0.15, -0.1) is 0 Å². The highest BCUT2D eigenvalue weighted by molar-refractivity contribution is 5.48. The van der Waals surface area contributed by atoms with E-state index in [1.165, 1.54) is 6.07 Å². The predicted octanol–water partition coefficient (Wildman–Crippen LogP) is 4.21. The van der Waals surface area contributed by atoms with Crippen LogP contribution < -0.4 is 10.1 Å². The third-order valence-electron chi connectivity index (χ3n) is 3.22. The van der Waals surface area contributed by atoms with Crippen LogP contribution in [-0.2, 0) is 0 Å². The summed E-state index contributed by atoms with van der Waals surface area (Å²) >= 11 is 0. The Morgan fingerprint density at radius 3 is 2.57 bits per heavy atom. The van der Waals surface area contributed by atoms with Gasteiger partial charge in [0, 0.05) is 11.7 Å². The van der Waals surface area contributed by atoms with Crippen LogP contribution in [0, 0.1) is 24.1 Å². The highest BCUT2D eigenvalue weighted by Gasteiger charge is 2.07. The zero-order valence-corrected chi connectivity index (χ0v) is 12.1. The first kappa shape index (κ1) is 14.9. The van der Waals surface area contributed by atoms with Crippen molar-refractivity contribution in [3.63, 3.8) is 0 Å². The molecule has 0 radical (unpaired) electrons. The Morgan fingerprint density at radius 2 is 1.95 bits per heavy atom. The third-order valence-corrected chi connectivity index (χ3v) is 3.22. The molecule has 1 atom stereocenters. The fourth-order valence-electron chi connectivity index (χ4n) is 2.04. The van der Waals surface area contributed by atoms with Crippen LogP contribution in [0.25, 0.3) is 0 Å². The Labute approximate surface area is 124 Å². The number of anilines is 1. The van der Waals surface area contributed by atoms with Gasteiger partial charge in [0.15, 0.2) is 6.61 Å². The van der Waals surface area contributed by atoms with Crippen molar-refractivity contribution in [1.82, 2.24) is 0 Å². The van der Waals surface area contributed by atoms with Gasteiger partial charge in [-0.3, -0.25) is 0 Å². The van der Waals surface area contributed by atoms with Gasteiger partial charge in [-0.25, -0.2) is 4.39 Å².